The van der Waals surface area contributed by atoms with Crippen LogP contribution in [0.2, 0.25) is 0 Å². The van der Waals surface area contributed by atoms with E-state index in [9.17, 15) is 9.59 Å². The molecule has 1 rings (SSSR count). The molecule has 1 aromatic heterocycles. The van der Waals surface area contributed by atoms with Crippen molar-refractivity contribution in [3.05, 3.63) is 24.4 Å². The summed E-state index contributed by atoms with van der Waals surface area (Å²) in [6, 6.07) is 5.17. The van der Waals surface area contributed by atoms with E-state index in [0.29, 0.717) is 5.82 Å². The predicted molar refractivity (Wildman–Crippen MR) is 117 cm³/mol. The minimum Gasteiger partial charge on any atom is -0.445 e. The van der Waals surface area contributed by atoms with Crippen LogP contribution in [0.4, 0.5) is 10.6 Å². The van der Waals surface area contributed by atoms with Crippen LogP contribution in [0.15, 0.2) is 29.4 Å². The van der Waals surface area contributed by atoms with Crippen molar-refractivity contribution in [1.29, 1.82) is 0 Å². The van der Waals surface area contributed by atoms with E-state index >= 15 is 0 Å². The molecule has 0 aliphatic carbocycles. The van der Waals surface area contributed by atoms with Gasteiger partial charge in [-0.05, 0) is 74.4 Å². The Morgan fingerprint density at radius 2 is 1.43 bits per heavy atom. The van der Waals surface area contributed by atoms with Crippen molar-refractivity contribution in [1.82, 2.24) is 4.98 Å². The van der Waals surface area contributed by atoms with Gasteiger partial charge in [0.2, 0.25) is 0 Å². The number of aromatic nitrogens is 1. The van der Waals surface area contributed by atoms with Gasteiger partial charge in [0, 0.05) is 19.2 Å². The van der Waals surface area contributed by atoms with Gasteiger partial charge in [-0.15, -0.1) is 4.99 Å². The van der Waals surface area contributed by atoms with E-state index in [1.54, 1.807) is 45.2 Å². The lowest BCUT2D eigenvalue weighted by molar-refractivity contribution is -0.118. The molecule has 0 aliphatic rings. The molecule has 0 aromatic carbocycles. The summed E-state index contributed by atoms with van der Waals surface area (Å²) in [4.78, 5) is 34.6. The molecule has 0 radical (unpaired) electrons. The highest BCUT2D eigenvalue weighted by Gasteiger charge is 2.26. The second-order valence-corrected chi connectivity index (χ2v) is 9.77. The Kier molecular flexibility index (Phi) is 8.39. The average Bonchev–Trinajstić information content (AvgIpc) is 2.50. The number of pyridine rings is 1. The van der Waals surface area contributed by atoms with E-state index in [1.807, 2.05) is 41.5 Å². The lowest BCUT2D eigenvalue weighted by Gasteiger charge is -2.27. The Morgan fingerprint density at radius 3 is 1.87 bits per heavy atom. The normalized spacial score (nSPS) is 12.0. The number of carbonyl (C=O) groups is 2. The topological polar surface area (TPSA) is 90.3 Å². The molecule has 0 aliphatic heterocycles. The smallest absolute Gasteiger partial charge is 0.416 e. The molecule has 0 N–H and O–H groups in total. The standard InChI is InChI=1S/C22H35N3O5/c1-20(2,3)28-18(29-21(4,5)6)24-17(26)13-15-25(16-12-10-11-14-23-16)19(27)30-22(7,8)9/h10-12,14H,13,15H2,1-9H3. The molecular formula is C22H35N3O5. The van der Waals surface area contributed by atoms with Crippen LogP contribution in [0.5, 0.6) is 0 Å². The number of hydrogen-bond donors (Lipinski definition) is 0. The SMILES string of the molecule is CC(C)(C)OC(=O)N(CCC(=O)N=C(OC(C)(C)C)OC(C)(C)C)c1ccccn1. The van der Waals surface area contributed by atoms with Gasteiger partial charge in [0.15, 0.2) is 0 Å². The van der Waals surface area contributed by atoms with Crippen molar-refractivity contribution >= 4 is 23.9 Å². The second-order valence-electron chi connectivity index (χ2n) is 9.77. The number of nitrogens with zero attached hydrogens (tertiary/aromatic N) is 3. The first-order chi connectivity index (χ1) is 13.6. The first-order valence-electron chi connectivity index (χ1n) is 9.97. The third-order valence-corrected chi connectivity index (χ3v) is 3.09. The minimum atomic E-state index is -0.680. The fourth-order valence-corrected chi connectivity index (χ4v) is 2.09. The van der Waals surface area contributed by atoms with Gasteiger partial charge in [-0.1, -0.05) is 6.07 Å². The maximum Gasteiger partial charge on any atom is 0.416 e. The fourth-order valence-electron chi connectivity index (χ4n) is 2.09. The molecule has 0 unspecified atom stereocenters. The van der Waals surface area contributed by atoms with Gasteiger partial charge in [0.1, 0.15) is 22.6 Å². The largest absolute Gasteiger partial charge is 0.445 e. The Balaban J connectivity index is 2.98. The van der Waals surface area contributed by atoms with Gasteiger partial charge in [-0.2, -0.15) is 0 Å². The Hall–Kier alpha value is -2.64. The maximum absolute atomic E-state index is 12.6. The zero-order chi connectivity index (χ0) is 23.2. The zero-order valence-corrected chi connectivity index (χ0v) is 19.6. The number of amides is 2. The van der Waals surface area contributed by atoms with Crippen molar-refractivity contribution in [3.63, 3.8) is 0 Å². The fraction of sp³-hybridized carbons (Fsp3) is 0.636. The molecule has 8 heteroatoms. The Labute approximate surface area is 179 Å². The molecular weight excluding hydrogens is 386 g/mol. The molecule has 8 nitrogen and oxygen atoms in total. The lowest BCUT2D eigenvalue weighted by atomic mass is 10.2. The summed E-state index contributed by atoms with van der Waals surface area (Å²) < 4.78 is 16.8. The van der Waals surface area contributed by atoms with Crippen LogP contribution in [0.1, 0.15) is 68.7 Å². The second kappa shape index (κ2) is 9.91. The highest BCUT2D eigenvalue weighted by atomic mass is 16.7. The van der Waals surface area contributed by atoms with E-state index in [-0.39, 0.29) is 19.0 Å². The van der Waals surface area contributed by atoms with Crippen LogP contribution in [-0.4, -0.2) is 46.4 Å². The molecule has 0 fully saturated rings. The molecule has 30 heavy (non-hydrogen) atoms. The molecule has 0 saturated heterocycles. The summed E-state index contributed by atoms with van der Waals surface area (Å²) in [5, 5.41) is 0. The molecule has 0 saturated carbocycles. The lowest BCUT2D eigenvalue weighted by Crippen LogP contribution is -2.38. The third kappa shape index (κ3) is 10.8. The number of aliphatic imine (C=N–C) groups is 1. The summed E-state index contributed by atoms with van der Waals surface area (Å²) in [5.74, 6) is -0.0939. The summed E-state index contributed by atoms with van der Waals surface area (Å²) in [5.41, 5.74) is -1.84. The predicted octanol–water partition coefficient (Wildman–Crippen LogP) is 4.73. The molecule has 2 amide bonds. The van der Waals surface area contributed by atoms with Crippen molar-refractivity contribution < 1.29 is 23.8 Å². The quantitative estimate of drug-likeness (QED) is 0.516. The molecule has 0 bridgehead atoms. The van der Waals surface area contributed by atoms with Gasteiger partial charge < -0.3 is 14.2 Å². The van der Waals surface area contributed by atoms with E-state index in [2.05, 4.69) is 9.98 Å². The zero-order valence-electron chi connectivity index (χ0n) is 19.6. The minimum absolute atomic E-state index is 0.0482. The van der Waals surface area contributed by atoms with E-state index in [4.69, 9.17) is 14.2 Å². The van der Waals surface area contributed by atoms with Crippen molar-refractivity contribution in [2.45, 2.75) is 85.5 Å². The van der Waals surface area contributed by atoms with Crippen LogP contribution in [-0.2, 0) is 19.0 Å². The molecule has 1 aromatic rings. The summed E-state index contributed by atoms with van der Waals surface area (Å²) in [6.07, 6.45) is 0.830. The first kappa shape index (κ1) is 25.4. The van der Waals surface area contributed by atoms with Crippen molar-refractivity contribution in [2.75, 3.05) is 11.4 Å². The van der Waals surface area contributed by atoms with Gasteiger partial charge in [0.05, 0.1) is 0 Å². The highest BCUT2D eigenvalue weighted by molar-refractivity contribution is 5.91. The van der Waals surface area contributed by atoms with Crippen LogP contribution >= 0.6 is 0 Å². The summed E-state index contributed by atoms with van der Waals surface area (Å²) >= 11 is 0. The van der Waals surface area contributed by atoms with Crippen LogP contribution in [0.25, 0.3) is 0 Å². The average molecular weight is 422 g/mol. The summed E-state index contributed by atoms with van der Waals surface area (Å²) in [6.45, 7) is 16.4. The molecule has 0 atom stereocenters. The number of carbonyl (C=O) groups excluding carboxylic acids is 2. The number of hydrogen-bond acceptors (Lipinski definition) is 6. The number of ether oxygens (including phenoxy) is 3. The van der Waals surface area contributed by atoms with E-state index in [0.717, 1.165) is 0 Å². The van der Waals surface area contributed by atoms with Crippen molar-refractivity contribution in [3.8, 4) is 0 Å². The number of anilines is 1. The van der Waals surface area contributed by atoms with Gasteiger partial charge in [-0.3, -0.25) is 9.69 Å². The van der Waals surface area contributed by atoms with Crippen LogP contribution in [0, 0.1) is 0 Å². The van der Waals surface area contributed by atoms with Gasteiger partial charge in [0.25, 0.3) is 5.91 Å². The third-order valence-electron chi connectivity index (χ3n) is 3.09. The van der Waals surface area contributed by atoms with Gasteiger partial charge >= 0.3 is 12.2 Å². The molecule has 0 spiro atoms. The van der Waals surface area contributed by atoms with Crippen LogP contribution in [0.3, 0.4) is 0 Å². The molecule has 168 valence electrons. The Bertz CT molecular complexity index is 723. The first-order valence-corrected chi connectivity index (χ1v) is 9.97. The maximum atomic E-state index is 12.6. The number of rotatable bonds is 4. The Morgan fingerprint density at radius 1 is 0.900 bits per heavy atom. The van der Waals surface area contributed by atoms with Gasteiger partial charge in [-0.25, -0.2) is 9.78 Å². The van der Waals surface area contributed by atoms with E-state index < -0.39 is 28.8 Å². The summed E-state index contributed by atoms with van der Waals surface area (Å²) in [7, 11) is 0. The van der Waals surface area contributed by atoms with E-state index in [1.165, 1.54) is 4.90 Å². The monoisotopic (exact) mass is 421 g/mol. The van der Waals surface area contributed by atoms with Crippen molar-refractivity contribution in [2.24, 2.45) is 4.99 Å². The molecule has 1 heterocycles. The van der Waals surface area contributed by atoms with Crippen LogP contribution < -0.4 is 4.90 Å². The highest BCUT2D eigenvalue weighted by Crippen LogP contribution is 2.17.